The second kappa shape index (κ2) is 20.5. The van der Waals surface area contributed by atoms with Crippen molar-refractivity contribution in [2.24, 2.45) is 0 Å². The van der Waals surface area contributed by atoms with Gasteiger partial charge in [0, 0.05) is 18.0 Å². The highest BCUT2D eigenvalue weighted by molar-refractivity contribution is 5.55. The maximum atomic E-state index is 4.65. The number of hydrogen-bond acceptors (Lipinski definition) is 2. The fourth-order valence-corrected chi connectivity index (χ4v) is 4.91. The number of unbranched alkanes of at least 4 members (excludes halogenated alkanes) is 17. The normalized spacial score (nSPS) is 11.3. The first kappa shape index (κ1) is 29.5. The lowest BCUT2D eigenvalue weighted by molar-refractivity contribution is 0.556. The van der Waals surface area contributed by atoms with E-state index < -0.39 is 0 Å². The molecule has 1 heterocycles. The van der Waals surface area contributed by atoms with Crippen molar-refractivity contribution in [2.45, 2.75) is 149 Å². The molecule has 0 aliphatic heterocycles. The van der Waals surface area contributed by atoms with Crippen molar-refractivity contribution in [1.29, 1.82) is 0 Å². The van der Waals surface area contributed by atoms with Gasteiger partial charge in [0.2, 0.25) is 0 Å². The molecule has 35 heavy (non-hydrogen) atoms. The molecule has 2 nitrogen and oxygen atoms in total. The highest BCUT2D eigenvalue weighted by Gasteiger charge is 2.03. The average molecular weight is 479 g/mol. The van der Waals surface area contributed by atoms with Gasteiger partial charge in [0.05, 0.1) is 0 Å². The zero-order chi connectivity index (χ0) is 24.8. The van der Waals surface area contributed by atoms with E-state index in [0.29, 0.717) is 0 Å². The number of aromatic nitrogens is 2. The Morgan fingerprint density at radius 2 is 0.800 bits per heavy atom. The van der Waals surface area contributed by atoms with Crippen LogP contribution in [0.2, 0.25) is 0 Å². The Hall–Kier alpha value is -1.70. The maximum absolute atomic E-state index is 4.65. The molecule has 2 aromatic rings. The van der Waals surface area contributed by atoms with Crippen molar-refractivity contribution in [3.63, 3.8) is 0 Å². The topological polar surface area (TPSA) is 25.8 Å². The summed E-state index contributed by atoms with van der Waals surface area (Å²) < 4.78 is 0. The Balaban J connectivity index is 1.55. The SMILES string of the molecule is CCCCCCCCCCCCc1cnc(-c2ccc(CCCCCCCCCCC)cc2)nc1. The van der Waals surface area contributed by atoms with E-state index in [1.807, 2.05) is 12.4 Å². The van der Waals surface area contributed by atoms with Gasteiger partial charge in [0.15, 0.2) is 5.82 Å². The summed E-state index contributed by atoms with van der Waals surface area (Å²) in [5.74, 6) is 0.853. The number of rotatable bonds is 22. The number of nitrogens with zero attached hydrogens (tertiary/aromatic N) is 2. The molecule has 0 saturated heterocycles. The summed E-state index contributed by atoms with van der Waals surface area (Å²) in [6.07, 6.45) is 32.7. The van der Waals surface area contributed by atoms with Crippen LogP contribution in [0.4, 0.5) is 0 Å². The molecule has 0 unspecified atom stereocenters. The number of aryl methyl sites for hydroxylation is 2. The van der Waals surface area contributed by atoms with Crippen molar-refractivity contribution < 1.29 is 0 Å². The van der Waals surface area contributed by atoms with E-state index in [1.54, 1.807) is 0 Å². The zero-order valence-electron chi connectivity index (χ0n) is 23.2. The van der Waals surface area contributed by atoms with Crippen LogP contribution in [-0.2, 0) is 12.8 Å². The van der Waals surface area contributed by atoms with Crippen molar-refractivity contribution in [2.75, 3.05) is 0 Å². The molecule has 0 radical (unpaired) electrons. The molecule has 0 fully saturated rings. The van der Waals surface area contributed by atoms with Gasteiger partial charge in [-0.15, -0.1) is 0 Å². The van der Waals surface area contributed by atoms with Crippen LogP contribution in [0.5, 0.6) is 0 Å². The first-order chi connectivity index (χ1) is 17.3. The monoisotopic (exact) mass is 478 g/mol. The van der Waals surface area contributed by atoms with Crippen LogP contribution >= 0.6 is 0 Å². The van der Waals surface area contributed by atoms with E-state index in [2.05, 4.69) is 48.1 Å². The quantitative estimate of drug-likeness (QED) is 0.157. The molecule has 0 amide bonds. The minimum atomic E-state index is 0.853. The summed E-state index contributed by atoms with van der Waals surface area (Å²) in [5, 5.41) is 0. The van der Waals surface area contributed by atoms with E-state index >= 15 is 0 Å². The predicted octanol–water partition coefficient (Wildman–Crippen LogP) is 10.7. The molecule has 0 aliphatic rings. The van der Waals surface area contributed by atoms with E-state index in [0.717, 1.165) is 17.8 Å². The van der Waals surface area contributed by atoms with Gasteiger partial charge >= 0.3 is 0 Å². The lowest BCUT2D eigenvalue weighted by atomic mass is 10.0. The van der Waals surface area contributed by atoms with Crippen LogP contribution in [-0.4, -0.2) is 9.97 Å². The van der Waals surface area contributed by atoms with Crippen molar-refractivity contribution >= 4 is 0 Å². The molecule has 2 rings (SSSR count). The van der Waals surface area contributed by atoms with E-state index in [1.165, 1.54) is 140 Å². The van der Waals surface area contributed by atoms with Crippen LogP contribution in [0.1, 0.15) is 147 Å². The maximum Gasteiger partial charge on any atom is 0.159 e. The lowest BCUT2D eigenvalue weighted by Crippen LogP contribution is -1.94. The Bertz CT molecular complexity index is 720. The van der Waals surface area contributed by atoms with Crippen LogP contribution < -0.4 is 0 Å². The first-order valence-corrected chi connectivity index (χ1v) is 15.2. The number of benzene rings is 1. The molecule has 0 atom stereocenters. The Morgan fingerprint density at radius 3 is 1.23 bits per heavy atom. The molecule has 0 aliphatic carbocycles. The lowest BCUT2D eigenvalue weighted by Gasteiger charge is -2.06. The zero-order valence-corrected chi connectivity index (χ0v) is 23.2. The standard InChI is InChI=1S/C33H54N2/c1-3-5-7-9-11-13-15-17-19-21-23-31-28-34-33(35-29-31)32-26-24-30(25-27-32)22-20-18-16-14-12-10-8-6-4-2/h24-29H,3-23H2,1-2H3. The Kier molecular flexibility index (Phi) is 17.3. The third kappa shape index (κ3) is 14.5. The molecule has 1 aromatic heterocycles. The minimum Gasteiger partial charge on any atom is -0.236 e. The molecule has 2 heteroatoms. The van der Waals surface area contributed by atoms with Gasteiger partial charge in [-0.05, 0) is 36.8 Å². The van der Waals surface area contributed by atoms with Gasteiger partial charge in [-0.25, -0.2) is 9.97 Å². The molecule has 0 spiro atoms. The molecule has 196 valence electrons. The highest BCUT2D eigenvalue weighted by Crippen LogP contribution is 2.18. The van der Waals surface area contributed by atoms with Crippen LogP contribution in [0.25, 0.3) is 11.4 Å². The molecule has 0 bridgehead atoms. The first-order valence-electron chi connectivity index (χ1n) is 15.2. The molecule has 0 saturated carbocycles. The summed E-state index contributed by atoms with van der Waals surface area (Å²) in [5.41, 5.74) is 3.84. The third-order valence-corrected chi connectivity index (χ3v) is 7.31. The Morgan fingerprint density at radius 1 is 0.429 bits per heavy atom. The van der Waals surface area contributed by atoms with Gasteiger partial charge in [0.1, 0.15) is 0 Å². The van der Waals surface area contributed by atoms with E-state index in [4.69, 9.17) is 0 Å². The largest absolute Gasteiger partial charge is 0.236 e. The highest BCUT2D eigenvalue weighted by atomic mass is 14.9. The predicted molar refractivity (Wildman–Crippen MR) is 154 cm³/mol. The van der Waals surface area contributed by atoms with Gasteiger partial charge < -0.3 is 0 Å². The van der Waals surface area contributed by atoms with Gasteiger partial charge in [-0.2, -0.15) is 0 Å². The molecular weight excluding hydrogens is 424 g/mol. The Labute approximate surface area is 217 Å². The summed E-state index contributed by atoms with van der Waals surface area (Å²) in [6.45, 7) is 4.57. The van der Waals surface area contributed by atoms with Gasteiger partial charge in [-0.3, -0.25) is 0 Å². The van der Waals surface area contributed by atoms with Crippen LogP contribution in [0.15, 0.2) is 36.7 Å². The van der Waals surface area contributed by atoms with Gasteiger partial charge in [0.25, 0.3) is 0 Å². The fourth-order valence-electron chi connectivity index (χ4n) is 4.91. The summed E-state index contributed by atoms with van der Waals surface area (Å²) in [7, 11) is 0. The minimum absolute atomic E-state index is 0.853. The smallest absolute Gasteiger partial charge is 0.159 e. The third-order valence-electron chi connectivity index (χ3n) is 7.31. The van der Waals surface area contributed by atoms with Crippen LogP contribution in [0, 0.1) is 0 Å². The average Bonchev–Trinajstić information content (AvgIpc) is 2.89. The summed E-state index contributed by atoms with van der Waals surface area (Å²) in [4.78, 5) is 9.31. The van der Waals surface area contributed by atoms with E-state index in [-0.39, 0.29) is 0 Å². The van der Waals surface area contributed by atoms with Crippen molar-refractivity contribution in [3.8, 4) is 11.4 Å². The summed E-state index contributed by atoms with van der Waals surface area (Å²) in [6, 6.07) is 8.92. The summed E-state index contributed by atoms with van der Waals surface area (Å²) >= 11 is 0. The molecule has 0 N–H and O–H groups in total. The second-order valence-corrected chi connectivity index (χ2v) is 10.6. The molecular formula is C33H54N2. The second-order valence-electron chi connectivity index (χ2n) is 10.6. The van der Waals surface area contributed by atoms with E-state index in [9.17, 15) is 0 Å². The van der Waals surface area contributed by atoms with Gasteiger partial charge in [-0.1, -0.05) is 147 Å². The van der Waals surface area contributed by atoms with Crippen molar-refractivity contribution in [3.05, 3.63) is 47.8 Å². The van der Waals surface area contributed by atoms with Crippen LogP contribution in [0.3, 0.4) is 0 Å². The fraction of sp³-hybridized carbons (Fsp3) is 0.697. The molecule has 1 aromatic carbocycles. The van der Waals surface area contributed by atoms with Crippen molar-refractivity contribution in [1.82, 2.24) is 9.97 Å². The number of hydrogen-bond donors (Lipinski definition) is 0.